The van der Waals surface area contributed by atoms with E-state index in [1.165, 1.54) is 0 Å². The molecule has 1 heterocycles. The van der Waals surface area contributed by atoms with Crippen molar-refractivity contribution in [2.24, 2.45) is 4.99 Å². The number of aliphatic imine (C=N–C) groups is 1. The number of carbonyl (C=O) groups excluding carboxylic acids is 1. The van der Waals surface area contributed by atoms with E-state index in [1.807, 2.05) is 51.1 Å². The van der Waals surface area contributed by atoms with Crippen molar-refractivity contribution in [2.45, 2.75) is 38.8 Å². The molecule has 19 heavy (non-hydrogen) atoms. The lowest BCUT2D eigenvalue weighted by molar-refractivity contribution is -0.157. The van der Waals surface area contributed by atoms with Gasteiger partial charge in [0.2, 0.25) is 5.90 Å². The molecular weight excluding hydrogens is 242 g/mol. The van der Waals surface area contributed by atoms with E-state index in [-0.39, 0.29) is 5.97 Å². The maximum absolute atomic E-state index is 12.0. The zero-order valence-corrected chi connectivity index (χ0v) is 11.6. The Kier molecular flexibility index (Phi) is 3.88. The van der Waals surface area contributed by atoms with E-state index < -0.39 is 11.6 Å². The SMILES string of the molecule is CC(C)(C)OC(=O)C1CCOC(c2ccccc2)=N1. The Hall–Kier alpha value is -1.84. The zero-order chi connectivity index (χ0) is 13.9. The van der Waals surface area contributed by atoms with Gasteiger partial charge in [0.25, 0.3) is 0 Å². The summed E-state index contributed by atoms with van der Waals surface area (Å²) >= 11 is 0. The molecule has 0 aromatic heterocycles. The molecule has 1 aromatic carbocycles. The Morgan fingerprint density at radius 2 is 2.00 bits per heavy atom. The first-order valence-corrected chi connectivity index (χ1v) is 6.44. The molecule has 102 valence electrons. The number of nitrogens with zero attached hydrogens (tertiary/aromatic N) is 1. The van der Waals surface area contributed by atoms with E-state index in [0.29, 0.717) is 18.9 Å². The number of hydrogen-bond donors (Lipinski definition) is 0. The van der Waals surface area contributed by atoms with E-state index >= 15 is 0 Å². The molecule has 1 atom stereocenters. The maximum atomic E-state index is 12.0. The van der Waals surface area contributed by atoms with Gasteiger partial charge in [-0.1, -0.05) is 18.2 Å². The van der Waals surface area contributed by atoms with Gasteiger partial charge < -0.3 is 9.47 Å². The molecule has 0 radical (unpaired) electrons. The third-order valence-corrected chi connectivity index (χ3v) is 2.60. The van der Waals surface area contributed by atoms with Gasteiger partial charge in [-0.05, 0) is 32.9 Å². The number of rotatable bonds is 2. The standard InChI is InChI=1S/C15H19NO3/c1-15(2,3)19-14(17)12-9-10-18-13(16-12)11-7-5-4-6-8-11/h4-8,12H,9-10H2,1-3H3. The molecule has 1 aromatic rings. The molecule has 0 bridgehead atoms. The Morgan fingerprint density at radius 3 is 2.63 bits per heavy atom. The molecule has 0 saturated heterocycles. The largest absolute Gasteiger partial charge is 0.477 e. The second-order valence-electron chi connectivity index (χ2n) is 5.49. The number of hydrogen-bond acceptors (Lipinski definition) is 4. The molecule has 1 aliphatic rings. The third-order valence-electron chi connectivity index (χ3n) is 2.60. The summed E-state index contributed by atoms with van der Waals surface area (Å²) in [5.41, 5.74) is 0.397. The van der Waals surface area contributed by atoms with Crippen molar-refractivity contribution in [3.63, 3.8) is 0 Å². The van der Waals surface area contributed by atoms with Crippen LogP contribution in [0.4, 0.5) is 0 Å². The molecule has 0 N–H and O–H groups in total. The molecule has 4 nitrogen and oxygen atoms in total. The molecule has 0 amide bonds. The van der Waals surface area contributed by atoms with E-state index in [1.54, 1.807) is 0 Å². The molecular formula is C15H19NO3. The first kappa shape index (κ1) is 13.6. The average Bonchev–Trinajstić information content (AvgIpc) is 2.38. The van der Waals surface area contributed by atoms with E-state index in [4.69, 9.17) is 9.47 Å². The van der Waals surface area contributed by atoms with Crippen LogP contribution in [0.5, 0.6) is 0 Å². The van der Waals surface area contributed by atoms with Gasteiger partial charge >= 0.3 is 5.97 Å². The highest BCUT2D eigenvalue weighted by atomic mass is 16.6. The predicted octanol–water partition coefficient (Wildman–Crippen LogP) is 2.56. The van der Waals surface area contributed by atoms with Gasteiger partial charge in [0.15, 0.2) is 6.04 Å². The van der Waals surface area contributed by atoms with E-state index in [0.717, 1.165) is 5.56 Å². The molecule has 0 spiro atoms. The summed E-state index contributed by atoms with van der Waals surface area (Å²) in [4.78, 5) is 16.4. The second-order valence-corrected chi connectivity index (χ2v) is 5.49. The summed E-state index contributed by atoms with van der Waals surface area (Å²) in [6.45, 7) is 6.04. The maximum Gasteiger partial charge on any atom is 0.331 e. The van der Waals surface area contributed by atoms with Crippen LogP contribution in [-0.2, 0) is 14.3 Å². The molecule has 0 fully saturated rings. The Bertz CT molecular complexity index is 474. The van der Waals surface area contributed by atoms with E-state index in [2.05, 4.69) is 4.99 Å². The van der Waals surface area contributed by atoms with Crippen LogP contribution in [0.25, 0.3) is 0 Å². The van der Waals surface area contributed by atoms with Crippen molar-refractivity contribution in [1.82, 2.24) is 0 Å². The van der Waals surface area contributed by atoms with Crippen LogP contribution in [0.15, 0.2) is 35.3 Å². The lowest BCUT2D eigenvalue weighted by Gasteiger charge is -2.25. The van der Waals surface area contributed by atoms with Crippen LogP contribution in [0.1, 0.15) is 32.8 Å². The summed E-state index contributed by atoms with van der Waals surface area (Å²) in [6.07, 6.45) is 0.561. The zero-order valence-electron chi connectivity index (χ0n) is 11.6. The Labute approximate surface area is 113 Å². The molecule has 4 heteroatoms. The fourth-order valence-corrected chi connectivity index (χ4v) is 1.79. The quantitative estimate of drug-likeness (QED) is 0.769. The minimum Gasteiger partial charge on any atom is -0.477 e. The van der Waals surface area contributed by atoms with Crippen LogP contribution in [0, 0.1) is 0 Å². The van der Waals surface area contributed by atoms with Crippen LogP contribution >= 0.6 is 0 Å². The van der Waals surface area contributed by atoms with Crippen molar-refractivity contribution in [1.29, 1.82) is 0 Å². The van der Waals surface area contributed by atoms with Gasteiger partial charge in [0, 0.05) is 12.0 Å². The van der Waals surface area contributed by atoms with Crippen molar-refractivity contribution in [3.8, 4) is 0 Å². The average molecular weight is 261 g/mol. The minimum atomic E-state index is -0.488. The first-order chi connectivity index (χ1) is 8.96. The highest BCUT2D eigenvalue weighted by molar-refractivity contribution is 5.96. The fourth-order valence-electron chi connectivity index (χ4n) is 1.79. The second kappa shape index (κ2) is 5.43. The van der Waals surface area contributed by atoms with Gasteiger partial charge in [-0.3, -0.25) is 0 Å². The van der Waals surface area contributed by atoms with Crippen molar-refractivity contribution in [2.75, 3.05) is 6.61 Å². The highest BCUT2D eigenvalue weighted by Gasteiger charge is 2.28. The normalized spacial score (nSPS) is 19.3. The predicted molar refractivity (Wildman–Crippen MR) is 73.2 cm³/mol. The van der Waals surface area contributed by atoms with Crippen molar-refractivity contribution in [3.05, 3.63) is 35.9 Å². The van der Waals surface area contributed by atoms with Gasteiger partial charge in [0.05, 0.1) is 6.61 Å². The minimum absolute atomic E-state index is 0.288. The lowest BCUT2D eigenvalue weighted by Crippen LogP contribution is -2.34. The van der Waals surface area contributed by atoms with Gasteiger partial charge in [-0.15, -0.1) is 0 Å². The van der Waals surface area contributed by atoms with Crippen LogP contribution in [0.3, 0.4) is 0 Å². The Balaban J connectivity index is 2.14. The molecule has 2 rings (SSSR count). The summed E-state index contributed by atoms with van der Waals surface area (Å²) in [5.74, 6) is 0.229. The third kappa shape index (κ3) is 3.81. The van der Waals surface area contributed by atoms with E-state index in [9.17, 15) is 4.79 Å². The monoisotopic (exact) mass is 261 g/mol. The number of esters is 1. The molecule has 0 aliphatic carbocycles. The smallest absolute Gasteiger partial charge is 0.331 e. The summed E-state index contributed by atoms with van der Waals surface area (Å²) in [7, 11) is 0. The topological polar surface area (TPSA) is 47.9 Å². The molecule has 1 aliphatic heterocycles. The number of ether oxygens (including phenoxy) is 2. The van der Waals surface area contributed by atoms with Gasteiger partial charge in [-0.2, -0.15) is 0 Å². The molecule has 1 unspecified atom stereocenters. The first-order valence-electron chi connectivity index (χ1n) is 6.44. The van der Waals surface area contributed by atoms with Crippen molar-refractivity contribution >= 4 is 11.9 Å². The van der Waals surface area contributed by atoms with Gasteiger partial charge in [0.1, 0.15) is 5.60 Å². The number of benzene rings is 1. The fraction of sp³-hybridized carbons (Fsp3) is 0.467. The van der Waals surface area contributed by atoms with Crippen molar-refractivity contribution < 1.29 is 14.3 Å². The van der Waals surface area contributed by atoms with Gasteiger partial charge in [-0.25, -0.2) is 9.79 Å². The van der Waals surface area contributed by atoms with Crippen LogP contribution in [-0.4, -0.2) is 30.1 Å². The summed E-state index contributed by atoms with van der Waals surface area (Å²) in [6, 6.07) is 9.12. The van der Waals surface area contributed by atoms with Crippen LogP contribution < -0.4 is 0 Å². The lowest BCUT2D eigenvalue weighted by atomic mass is 10.1. The van der Waals surface area contributed by atoms with Crippen LogP contribution in [0.2, 0.25) is 0 Å². The highest BCUT2D eigenvalue weighted by Crippen LogP contribution is 2.16. The summed E-state index contributed by atoms with van der Waals surface area (Å²) in [5, 5.41) is 0. The number of carbonyl (C=O) groups is 1. The summed E-state index contributed by atoms with van der Waals surface area (Å²) < 4.78 is 10.9. The Morgan fingerprint density at radius 1 is 1.32 bits per heavy atom. The molecule has 0 saturated carbocycles.